The highest BCUT2D eigenvalue weighted by Gasteiger charge is 2.03. The minimum absolute atomic E-state index is 0.828. The van der Waals surface area contributed by atoms with Gasteiger partial charge in [-0.1, -0.05) is 27.7 Å². The molecule has 0 amide bonds. The molecule has 0 aromatic carbocycles. The normalized spacial score (nSPS) is 9.87. The first-order chi connectivity index (χ1) is 7.35. The predicted molar refractivity (Wildman–Crippen MR) is 60.9 cm³/mol. The van der Waals surface area contributed by atoms with E-state index >= 15 is 0 Å². The molecule has 0 aliphatic rings. The van der Waals surface area contributed by atoms with Crippen molar-refractivity contribution in [1.29, 1.82) is 0 Å². The second kappa shape index (κ2) is 5.44. The minimum atomic E-state index is 0.828. The van der Waals surface area contributed by atoms with Gasteiger partial charge in [0.15, 0.2) is 11.5 Å². The van der Waals surface area contributed by atoms with Crippen LogP contribution in [0.15, 0.2) is 12.1 Å². The molecule has 4 heteroatoms. The maximum Gasteiger partial charge on any atom is 0.177 e. The number of hydrogen-bond donors (Lipinski definition) is 0. The van der Waals surface area contributed by atoms with Gasteiger partial charge < -0.3 is 0 Å². The van der Waals surface area contributed by atoms with E-state index in [4.69, 9.17) is 0 Å². The molecular formula is C11H18N4. The van der Waals surface area contributed by atoms with Crippen LogP contribution < -0.4 is 0 Å². The summed E-state index contributed by atoms with van der Waals surface area (Å²) in [6, 6.07) is 3.95. The Morgan fingerprint density at radius 1 is 1.07 bits per heavy atom. The van der Waals surface area contributed by atoms with E-state index in [0.29, 0.717) is 0 Å². The summed E-state index contributed by atoms with van der Waals surface area (Å²) in [5.41, 5.74) is 1.90. The average molecular weight is 206 g/mol. The summed E-state index contributed by atoms with van der Waals surface area (Å²) in [6.45, 7) is 8.14. The number of hydrogen-bond acceptors (Lipinski definition) is 3. The van der Waals surface area contributed by atoms with E-state index < -0.39 is 0 Å². The molecule has 0 atom stereocenters. The molecule has 0 saturated heterocycles. The molecule has 0 aliphatic heterocycles. The molecule has 2 heterocycles. The summed E-state index contributed by atoms with van der Waals surface area (Å²) < 4.78 is 1.82. The van der Waals surface area contributed by atoms with Crippen molar-refractivity contribution < 1.29 is 0 Å². The lowest BCUT2D eigenvalue weighted by molar-refractivity contribution is 0.791. The molecule has 15 heavy (non-hydrogen) atoms. The highest BCUT2D eigenvalue weighted by Crippen LogP contribution is 2.03. The molecule has 2 rings (SSSR count). The van der Waals surface area contributed by atoms with Gasteiger partial charge in [-0.25, -0.2) is 0 Å². The Kier molecular flexibility index (Phi) is 4.21. The summed E-state index contributed by atoms with van der Waals surface area (Å²) in [7, 11) is 0. The van der Waals surface area contributed by atoms with Crippen LogP contribution in [0.1, 0.15) is 39.2 Å². The number of aryl methyl sites for hydroxylation is 2. The van der Waals surface area contributed by atoms with Crippen molar-refractivity contribution in [3.63, 3.8) is 0 Å². The zero-order chi connectivity index (χ0) is 11.3. The van der Waals surface area contributed by atoms with E-state index in [1.54, 1.807) is 0 Å². The quantitative estimate of drug-likeness (QED) is 0.757. The van der Waals surface area contributed by atoms with E-state index in [2.05, 4.69) is 29.1 Å². The topological polar surface area (TPSA) is 43.1 Å². The third kappa shape index (κ3) is 2.32. The molecule has 2 aromatic rings. The Hall–Kier alpha value is -1.45. The van der Waals surface area contributed by atoms with Crippen LogP contribution in [0.2, 0.25) is 0 Å². The predicted octanol–water partition coefficient (Wildman–Crippen LogP) is 2.28. The van der Waals surface area contributed by atoms with Crippen molar-refractivity contribution in [2.45, 2.75) is 40.5 Å². The van der Waals surface area contributed by atoms with Crippen molar-refractivity contribution in [3.8, 4) is 0 Å². The Morgan fingerprint density at radius 3 is 2.40 bits per heavy atom. The van der Waals surface area contributed by atoms with Crippen molar-refractivity contribution in [2.24, 2.45) is 0 Å². The van der Waals surface area contributed by atoms with Crippen molar-refractivity contribution in [1.82, 2.24) is 19.8 Å². The van der Waals surface area contributed by atoms with E-state index in [1.807, 2.05) is 30.5 Å². The Morgan fingerprint density at radius 2 is 1.80 bits per heavy atom. The largest absolute Gasteiger partial charge is 0.197 e. The van der Waals surface area contributed by atoms with Gasteiger partial charge in [0, 0.05) is 6.42 Å². The number of nitrogens with zero attached hydrogens (tertiary/aromatic N) is 4. The smallest absolute Gasteiger partial charge is 0.177 e. The standard InChI is InChI=1S/C9H12N4.C2H6/c1-3-7-5-6-9-11-10-8(4-2)13(9)12-7;1-2/h5-6H,3-4H2,1-2H3;1-2H3. The second-order valence-corrected chi connectivity index (χ2v) is 2.92. The van der Waals surface area contributed by atoms with E-state index in [0.717, 1.165) is 30.0 Å². The second-order valence-electron chi connectivity index (χ2n) is 2.92. The Bertz CT molecular complexity index is 419. The van der Waals surface area contributed by atoms with Gasteiger partial charge in [-0.3, -0.25) is 0 Å². The highest BCUT2D eigenvalue weighted by atomic mass is 15.4. The molecule has 0 bridgehead atoms. The first-order valence-electron chi connectivity index (χ1n) is 5.55. The maximum absolute atomic E-state index is 4.42. The van der Waals surface area contributed by atoms with Crippen molar-refractivity contribution in [2.75, 3.05) is 0 Å². The van der Waals surface area contributed by atoms with E-state index in [1.165, 1.54) is 0 Å². The van der Waals surface area contributed by atoms with E-state index in [-0.39, 0.29) is 0 Å². The maximum atomic E-state index is 4.42. The monoisotopic (exact) mass is 206 g/mol. The Balaban J connectivity index is 0.000000531. The van der Waals surface area contributed by atoms with Gasteiger partial charge in [0.25, 0.3) is 0 Å². The Labute approximate surface area is 90.3 Å². The summed E-state index contributed by atoms with van der Waals surface area (Å²) in [5.74, 6) is 0.922. The molecule has 0 saturated carbocycles. The lowest BCUT2D eigenvalue weighted by Gasteiger charge is -1.97. The van der Waals surface area contributed by atoms with Crippen LogP contribution in [0.4, 0.5) is 0 Å². The van der Waals surface area contributed by atoms with Gasteiger partial charge in [0.1, 0.15) is 0 Å². The molecule has 4 nitrogen and oxygen atoms in total. The van der Waals surface area contributed by atoms with Crippen LogP contribution in [0, 0.1) is 0 Å². The van der Waals surface area contributed by atoms with Gasteiger partial charge in [-0.05, 0) is 18.6 Å². The molecule has 82 valence electrons. The molecule has 0 fully saturated rings. The molecule has 0 spiro atoms. The lowest BCUT2D eigenvalue weighted by atomic mass is 10.3. The van der Waals surface area contributed by atoms with Crippen LogP contribution in [0.25, 0.3) is 5.65 Å². The molecule has 0 unspecified atom stereocenters. The van der Waals surface area contributed by atoms with Crippen molar-refractivity contribution in [3.05, 3.63) is 23.7 Å². The third-order valence-electron chi connectivity index (χ3n) is 2.06. The third-order valence-corrected chi connectivity index (χ3v) is 2.06. The number of rotatable bonds is 2. The van der Waals surface area contributed by atoms with Crippen LogP contribution in [0.5, 0.6) is 0 Å². The highest BCUT2D eigenvalue weighted by molar-refractivity contribution is 5.36. The molecular weight excluding hydrogens is 188 g/mol. The first-order valence-corrected chi connectivity index (χ1v) is 5.55. The van der Waals surface area contributed by atoms with Crippen LogP contribution in [0.3, 0.4) is 0 Å². The molecule has 2 aromatic heterocycles. The van der Waals surface area contributed by atoms with Gasteiger partial charge in [-0.15, -0.1) is 10.2 Å². The van der Waals surface area contributed by atoms with Crippen LogP contribution in [-0.4, -0.2) is 19.8 Å². The molecule has 0 aliphatic carbocycles. The van der Waals surface area contributed by atoms with E-state index in [9.17, 15) is 0 Å². The van der Waals surface area contributed by atoms with Gasteiger partial charge in [0.2, 0.25) is 0 Å². The van der Waals surface area contributed by atoms with Crippen LogP contribution >= 0.6 is 0 Å². The fourth-order valence-corrected chi connectivity index (χ4v) is 1.28. The number of fused-ring (bicyclic) bond motifs is 1. The fraction of sp³-hybridized carbons (Fsp3) is 0.545. The van der Waals surface area contributed by atoms with Gasteiger partial charge >= 0.3 is 0 Å². The average Bonchev–Trinajstić information content (AvgIpc) is 2.73. The van der Waals surface area contributed by atoms with Gasteiger partial charge in [-0.2, -0.15) is 9.61 Å². The summed E-state index contributed by atoms with van der Waals surface area (Å²) >= 11 is 0. The summed E-state index contributed by atoms with van der Waals surface area (Å²) in [6.07, 6.45) is 1.80. The minimum Gasteiger partial charge on any atom is -0.197 e. The van der Waals surface area contributed by atoms with Crippen molar-refractivity contribution >= 4 is 5.65 Å². The SMILES string of the molecule is CC.CCc1ccc2nnc(CC)n2n1. The summed E-state index contributed by atoms with van der Waals surface area (Å²) in [5, 5.41) is 12.5. The number of aromatic nitrogens is 4. The van der Waals surface area contributed by atoms with Crippen LogP contribution in [-0.2, 0) is 12.8 Å². The zero-order valence-electron chi connectivity index (χ0n) is 9.86. The first kappa shape index (κ1) is 11.6. The fourth-order valence-electron chi connectivity index (χ4n) is 1.28. The summed E-state index contributed by atoms with van der Waals surface area (Å²) in [4.78, 5) is 0. The molecule has 0 N–H and O–H groups in total. The zero-order valence-corrected chi connectivity index (χ0v) is 9.86. The van der Waals surface area contributed by atoms with Gasteiger partial charge in [0.05, 0.1) is 5.69 Å². The molecule has 0 radical (unpaired) electrons. The lowest BCUT2D eigenvalue weighted by Crippen LogP contribution is -2.00.